The molecule has 84 valence electrons. The lowest BCUT2D eigenvalue weighted by molar-refractivity contribution is -0.120. The van der Waals surface area contributed by atoms with E-state index in [2.05, 4.69) is 0 Å². The number of ketones is 1. The van der Waals surface area contributed by atoms with Gasteiger partial charge in [0.1, 0.15) is 0 Å². The molecule has 0 saturated heterocycles. The van der Waals surface area contributed by atoms with Crippen molar-refractivity contribution in [1.29, 1.82) is 0 Å². The van der Waals surface area contributed by atoms with E-state index in [9.17, 15) is 4.79 Å². The van der Waals surface area contributed by atoms with Gasteiger partial charge in [-0.25, -0.2) is 0 Å². The number of hydrogen-bond acceptors (Lipinski definition) is 2. The van der Waals surface area contributed by atoms with Crippen LogP contribution in [-0.2, 0) is 9.53 Å². The molecule has 0 aliphatic carbocycles. The molecule has 1 aromatic carbocycles. The van der Waals surface area contributed by atoms with Crippen LogP contribution in [-0.4, -0.2) is 12.4 Å². The van der Waals surface area contributed by atoms with Crippen molar-refractivity contribution in [1.82, 2.24) is 0 Å². The molecule has 2 rings (SSSR count). The van der Waals surface area contributed by atoms with Gasteiger partial charge in [0, 0.05) is 6.42 Å². The summed E-state index contributed by atoms with van der Waals surface area (Å²) >= 11 is 0. The minimum Gasteiger partial charge on any atom is -0.490 e. The second-order valence-corrected chi connectivity index (χ2v) is 3.94. The summed E-state index contributed by atoms with van der Waals surface area (Å²) in [5.74, 6) is 0.604. The van der Waals surface area contributed by atoms with E-state index < -0.39 is 0 Å². The predicted molar refractivity (Wildman–Crippen MR) is 63.1 cm³/mol. The van der Waals surface area contributed by atoms with E-state index >= 15 is 0 Å². The molecule has 1 unspecified atom stereocenters. The van der Waals surface area contributed by atoms with Crippen molar-refractivity contribution < 1.29 is 9.53 Å². The van der Waals surface area contributed by atoms with Gasteiger partial charge in [0.2, 0.25) is 5.78 Å². The van der Waals surface area contributed by atoms with E-state index in [1.54, 1.807) is 0 Å². The normalized spacial score (nSPS) is 16.4. The number of Topliss-reactive ketones (excluding diaryl/α,β-unsaturated/α-hetero) is 1. The van der Waals surface area contributed by atoms with Gasteiger partial charge < -0.3 is 4.74 Å². The van der Waals surface area contributed by atoms with Crippen molar-refractivity contribution in [2.45, 2.75) is 25.7 Å². The molecular formula is C14H16O2. The van der Waals surface area contributed by atoms with Crippen LogP contribution in [0.1, 0.15) is 31.2 Å². The minimum atomic E-state index is -0.0643. The Kier molecular flexibility index (Phi) is 3.40. The number of benzene rings is 1. The Morgan fingerprint density at radius 2 is 2.12 bits per heavy atom. The summed E-state index contributed by atoms with van der Waals surface area (Å²) in [6, 6.07) is 9.90. The zero-order valence-electron chi connectivity index (χ0n) is 9.48. The van der Waals surface area contributed by atoms with Gasteiger partial charge in [0.05, 0.1) is 12.5 Å². The summed E-state index contributed by atoms with van der Waals surface area (Å²) in [7, 11) is 0. The molecule has 1 aliphatic rings. The van der Waals surface area contributed by atoms with Gasteiger partial charge in [-0.05, 0) is 18.1 Å². The topological polar surface area (TPSA) is 26.3 Å². The average molecular weight is 216 g/mol. The molecule has 0 amide bonds. The number of ether oxygens (including phenoxy) is 1. The molecule has 1 atom stereocenters. The summed E-state index contributed by atoms with van der Waals surface area (Å²) in [6.45, 7) is 2.68. The molecule has 0 radical (unpaired) electrons. The van der Waals surface area contributed by atoms with Gasteiger partial charge in [-0.1, -0.05) is 37.3 Å². The van der Waals surface area contributed by atoms with E-state index in [0.717, 1.165) is 18.4 Å². The summed E-state index contributed by atoms with van der Waals surface area (Å²) in [5, 5.41) is 0. The first kappa shape index (κ1) is 10.9. The summed E-state index contributed by atoms with van der Waals surface area (Å²) in [5.41, 5.74) is 1.08. The molecule has 16 heavy (non-hydrogen) atoms. The third-order valence-electron chi connectivity index (χ3n) is 2.87. The lowest BCUT2D eigenvalue weighted by Crippen LogP contribution is -2.14. The van der Waals surface area contributed by atoms with E-state index in [1.165, 1.54) is 0 Å². The maximum absolute atomic E-state index is 12.2. The second kappa shape index (κ2) is 4.97. The van der Waals surface area contributed by atoms with Gasteiger partial charge in [-0.15, -0.1) is 0 Å². The Hall–Kier alpha value is -1.57. The first-order valence-electron chi connectivity index (χ1n) is 5.75. The van der Waals surface area contributed by atoms with Gasteiger partial charge >= 0.3 is 0 Å². The molecular weight excluding hydrogens is 200 g/mol. The highest BCUT2D eigenvalue weighted by Gasteiger charge is 2.24. The van der Waals surface area contributed by atoms with Crippen molar-refractivity contribution in [3.8, 4) is 0 Å². The molecule has 0 N–H and O–H groups in total. The van der Waals surface area contributed by atoms with E-state index in [4.69, 9.17) is 4.74 Å². The summed E-state index contributed by atoms with van der Waals surface area (Å²) < 4.78 is 5.33. The molecule has 0 saturated carbocycles. The van der Waals surface area contributed by atoms with E-state index in [1.807, 2.05) is 43.3 Å². The molecule has 2 nitrogen and oxygen atoms in total. The van der Waals surface area contributed by atoms with E-state index in [-0.39, 0.29) is 11.7 Å². The zero-order valence-corrected chi connectivity index (χ0v) is 9.48. The monoisotopic (exact) mass is 216 g/mol. The number of hydrogen-bond donors (Lipinski definition) is 0. The van der Waals surface area contributed by atoms with Crippen LogP contribution >= 0.6 is 0 Å². The quantitative estimate of drug-likeness (QED) is 0.773. The van der Waals surface area contributed by atoms with Crippen LogP contribution in [0, 0.1) is 0 Å². The minimum absolute atomic E-state index is 0.0643. The molecule has 2 heteroatoms. The highest BCUT2D eigenvalue weighted by atomic mass is 16.5. The summed E-state index contributed by atoms with van der Waals surface area (Å²) in [6.07, 6.45) is 3.56. The van der Waals surface area contributed by atoms with Crippen molar-refractivity contribution in [3.63, 3.8) is 0 Å². The molecule has 0 spiro atoms. The smallest absolute Gasteiger partial charge is 0.204 e. The third-order valence-corrected chi connectivity index (χ3v) is 2.87. The van der Waals surface area contributed by atoms with Crippen molar-refractivity contribution in [2.75, 3.05) is 6.61 Å². The van der Waals surface area contributed by atoms with Crippen molar-refractivity contribution >= 4 is 5.78 Å². The van der Waals surface area contributed by atoms with Crippen LogP contribution < -0.4 is 0 Å². The SMILES string of the molecule is CCC(C(=O)C1=CCCO1)c1ccccc1. The van der Waals surface area contributed by atoms with Crippen LogP contribution in [0.15, 0.2) is 42.2 Å². The first-order valence-corrected chi connectivity index (χ1v) is 5.75. The number of rotatable bonds is 4. The Balaban J connectivity index is 2.20. The summed E-state index contributed by atoms with van der Waals surface area (Å²) in [4.78, 5) is 12.2. The van der Waals surface area contributed by atoms with Gasteiger partial charge in [0.15, 0.2) is 5.76 Å². The second-order valence-electron chi connectivity index (χ2n) is 3.94. The maximum atomic E-state index is 12.2. The standard InChI is InChI=1S/C14H16O2/c1-2-12(11-7-4-3-5-8-11)14(15)13-9-6-10-16-13/h3-5,7-9,12H,2,6,10H2,1H3. The Morgan fingerprint density at radius 1 is 1.38 bits per heavy atom. The van der Waals surface area contributed by atoms with Crippen LogP contribution in [0.4, 0.5) is 0 Å². The van der Waals surface area contributed by atoms with Crippen molar-refractivity contribution in [3.05, 3.63) is 47.7 Å². The predicted octanol–water partition coefficient (Wildman–Crippen LogP) is 3.05. The van der Waals surface area contributed by atoms with Crippen molar-refractivity contribution in [2.24, 2.45) is 0 Å². The first-order chi connectivity index (χ1) is 7.83. The fourth-order valence-corrected chi connectivity index (χ4v) is 2.02. The number of carbonyl (C=O) groups is 1. The van der Waals surface area contributed by atoms with Gasteiger partial charge in [-0.2, -0.15) is 0 Å². The Morgan fingerprint density at radius 3 is 2.69 bits per heavy atom. The van der Waals surface area contributed by atoms with Gasteiger partial charge in [0.25, 0.3) is 0 Å². The molecule has 0 fully saturated rings. The third kappa shape index (κ3) is 2.16. The van der Waals surface area contributed by atoms with Crippen LogP contribution in [0.2, 0.25) is 0 Å². The highest BCUT2D eigenvalue weighted by molar-refractivity contribution is 5.98. The Labute approximate surface area is 95.9 Å². The molecule has 0 aromatic heterocycles. The lowest BCUT2D eigenvalue weighted by Gasteiger charge is -2.14. The zero-order chi connectivity index (χ0) is 11.4. The molecule has 1 heterocycles. The van der Waals surface area contributed by atoms with Crippen LogP contribution in [0.5, 0.6) is 0 Å². The van der Waals surface area contributed by atoms with Gasteiger partial charge in [-0.3, -0.25) is 4.79 Å². The number of carbonyl (C=O) groups excluding carboxylic acids is 1. The van der Waals surface area contributed by atoms with Crippen LogP contribution in [0.25, 0.3) is 0 Å². The lowest BCUT2D eigenvalue weighted by atomic mass is 9.91. The fraction of sp³-hybridized carbons (Fsp3) is 0.357. The van der Waals surface area contributed by atoms with E-state index in [0.29, 0.717) is 12.4 Å². The molecule has 0 bridgehead atoms. The fourth-order valence-electron chi connectivity index (χ4n) is 2.02. The maximum Gasteiger partial charge on any atom is 0.204 e. The highest BCUT2D eigenvalue weighted by Crippen LogP contribution is 2.25. The largest absolute Gasteiger partial charge is 0.490 e. The number of allylic oxidation sites excluding steroid dienone is 1. The Bertz CT molecular complexity index is 392. The van der Waals surface area contributed by atoms with Crippen LogP contribution in [0.3, 0.4) is 0 Å². The molecule has 1 aromatic rings. The average Bonchev–Trinajstić information content (AvgIpc) is 2.85. The molecule has 1 aliphatic heterocycles.